The molecule has 7 heteroatoms. The number of aromatic nitrogens is 2. The van der Waals surface area contributed by atoms with Crippen LogP contribution in [0.25, 0.3) is 16.6 Å². The van der Waals surface area contributed by atoms with E-state index in [-0.39, 0.29) is 18.4 Å². The number of nitrogens with zero attached hydrogens (tertiary/aromatic N) is 4. The first kappa shape index (κ1) is 27.2. The average molecular weight is 507 g/mol. The fraction of sp³-hybridized carbons (Fsp3) is 0.345. The summed E-state index contributed by atoms with van der Waals surface area (Å²) < 4.78 is 6.32. The quantitative estimate of drug-likeness (QED) is 0.303. The third-order valence-corrected chi connectivity index (χ3v) is 6.57. The molecular weight excluding hydrogens is 472 g/mol. The zero-order valence-electron chi connectivity index (χ0n) is 22.0. The van der Waals surface area contributed by atoms with E-state index in [2.05, 4.69) is 22.5 Å². The number of hydrogen-bond donors (Lipinski definition) is 0. The van der Waals surface area contributed by atoms with E-state index < -0.39 is 0 Å². The minimum Gasteiger partial charge on any atom is -0.487 e. The van der Waals surface area contributed by atoms with Crippen molar-refractivity contribution in [2.75, 3.05) is 21.1 Å². The molecule has 0 radical (unpaired) electrons. The zero-order valence-corrected chi connectivity index (χ0v) is 22.8. The monoisotopic (exact) mass is 506 g/mol. The van der Waals surface area contributed by atoms with Crippen LogP contribution in [0.4, 0.5) is 0 Å². The number of carbonyl (C=O) groups excluding carboxylic acids is 1. The molecule has 6 nitrogen and oxygen atoms in total. The molecule has 0 bridgehead atoms. The Hall–Kier alpha value is -3.38. The maximum absolute atomic E-state index is 12.6. The van der Waals surface area contributed by atoms with Gasteiger partial charge in [-0.15, -0.1) is 0 Å². The van der Waals surface area contributed by atoms with E-state index in [0.717, 1.165) is 45.4 Å². The lowest BCUT2D eigenvalue weighted by atomic mass is 10.0. The largest absolute Gasteiger partial charge is 0.487 e. The van der Waals surface area contributed by atoms with Gasteiger partial charge in [0.15, 0.2) is 0 Å². The van der Waals surface area contributed by atoms with Gasteiger partial charge in [0.1, 0.15) is 17.9 Å². The Kier molecular flexibility index (Phi) is 9.10. The minimum atomic E-state index is -0.0387. The molecule has 0 aliphatic carbocycles. The first-order valence-corrected chi connectivity index (χ1v) is 12.5. The Bertz CT molecular complexity index is 1290. The van der Waals surface area contributed by atoms with Gasteiger partial charge in [0, 0.05) is 73.9 Å². The normalized spacial score (nSPS) is 12.4. The highest BCUT2D eigenvalue weighted by Gasteiger charge is 2.19. The molecule has 1 atom stereocenters. The molecular formula is C29H35ClN4O2. The minimum absolute atomic E-state index is 0.0387. The number of carbonyl (C=O) groups is 1. The number of ether oxygens (including phenoxy) is 1. The van der Waals surface area contributed by atoms with Crippen molar-refractivity contribution < 1.29 is 9.53 Å². The standard InChI is InChI=1S/C29H35ClN4O2/c1-8-11-26(33(5)6)23-14-20(4)32-28-22(23)12-10-13-27(28)36-18-24-21(15-31-16-25(24)30)17-34(7)29(35)19(3)9-2/h8,10-16,19H,1,9,17-18H2,2-7H3/b26-11-. The first-order chi connectivity index (χ1) is 17.2. The summed E-state index contributed by atoms with van der Waals surface area (Å²) in [5.41, 5.74) is 5.42. The summed E-state index contributed by atoms with van der Waals surface area (Å²) in [7, 11) is 5.82. The van der Waals surface area contributed by atoms with E-state index in [9.17, 15) is 4.79 Å². The highest BCUT2D eigenvalue weighted by Crippen LogP contribution is 2.33. The number of rotatable bonds is 10. The molecule has 0 saturated heterocycles. The molecule has 0 saturated carbocycles. The van der Waals surface area contributed by atoms with Crippen molar-refractivity contribution in [3.05, 3.63) is 82.8 Å². The maximum Gasteiger partial charge on any atom is 0.225 e. The number of aryl methyl sites for hydroxylation is 1. The molecule has 2 aromatic heterocycles. The van der Waals surface area contributed by atoms with Crippen molar-refractivity contribution in [1.82, 2.24) is 19.8 Å². The molecule has 3 aromatic rings. The van der Waals surface area contributed by atoms with E-state index in [1.807, 2.05) is 59.1 Å². The van der Waals surface area contributed by atoms with Gasteiger partial charge < -0.3 is 14.5 Å². The van der Waals surface area contributed by atoms with Crippen LogP contribution >= 0.6 is 11.6 Å². The van der Waals surface area contributed by atoms with Crippen molar-refractivity contribution in [3.63, 3.8) is 0 Å². The molecule has 2 heterocycles. The van der Waals surface area contributed by atoms with Gasteiger partial charge >= 0.3 is 0 Å². The molecule has 190 valence electrons. The molecule has 1 aromatic carbocycles. The van der Waals surface area contributed by atoms with Crippen LogP contribution in [-0.4, -0.2) is 46.8 Å². The molecule has 0 aliphatic rings. The first-order valence-electron chi connectivity index (χ1n) is 12.1. The molecule has 36 heavy (non-hydrogen) atoms. The predicted octanol–water partition coefficient (Wildman–Crippen LogP) is 6.26. The van der Waals surface area contributed by atoms with Gasteiger partial charge in [0.25, 0.3) is 0 Å². The fourth-order valence-corrected chi connectivity index (χ4v) is 4.34. The SMILES string of the molecule is C=C/C=C(/c1cc(C)nc2c(OCc3c(Cl)cncc3CN(C)C(=O)C(C)CC)cccc12)N(C)C. The van der Waals surface area contributed by atoms with Gasteiger partial charge in [-0.05, 0) is 37.1 Å². The number of allylic oxidation sites excluding steroid dienone is 2. The summed E-state index contributed by atoms with van der Waals surface area (Å²) in [6, 6.07) is 8.00. The van der Waals surface area contributed by atoms with Gasteiger partial charge in [-0.2, -0.15) is 0 Å². The summed E-state index contributed by atoms with van der Waals surface area (Å²) in [5, 5.41) is 1.49. The summed E-state index contributed by atoms with van der Waals surface area (Å²) in [6.45, 7) is 10.4. The smallest absolute Gasteiger partial charge is 0.225 e. The second-order valence-electron chi connectivity index (χ2n) is 9.20. The van der Waals surface area contributed by atoms with E-state index in [4.69, 9.17) is 21.3 Å². The Balaban J connectivity index is 1.97. The van der Waals surface area contributed by atoms with E-state index in [0.29, 0.717) is 17.3 Å². The number of fused-ring (bicyclic) bond motifs is 1. The van der Waals surface area contributed by atoms with Gasteiger partial charge in [0.05, 0.1) is 5.02 Å². The molecule has 0 N–H and O–H groups in total. The van der Waals surface area contributed by atoms with Crippen LogP contribution < -0.4 is 4.74 Å². The second-order valence-corrected chi connectivity index (χ2v) is 9.60. The van der Waals surface area contributed by atoms with Crippen molar-refractivity contribution in [3.8, 4) is 5.75 Å². The summed E-state index contributed by atoms with van der Waals surface area (Å²) in [4.78, 5) is 25.5. The zero-order chi connectivity index (χ0) is 26.4. The van der Waals surface area contributed by atoms with Crippen LogP contribution in [0.5, 0.6) is 5.75 Å². The van der Waals surface area contributed by atoms with E-state index in [1.165, 1.54) is 0 Å². The number of pyridine rings is 2. The average Bonchev–Trinajstić information content (AvgIpc) is 2.85. The van der Waals surface area contributed by atoms with Gasteiger partial charge in [-0.25, -0.2) is 4.98 Å². The number of benzene rings is 1. The van der Waals surface area contributed by atoms with Crippen LogP contribution in [0.15, 0.2) is 55.4 Å². The summed E-state index contributed by atoms with van der Waals surface area (Å²) >= 11 is 6.54. The predicted molar refractivity (Wildman–Crippen MR) is 148 cm³/mol. The molecule has 1 unspecified atom stereocenters. The highest BCUT2D eigenvalue weighted by atomic mass is 35.5. The molecule has 0 spiro atoms. The molecule has 0 fully saturated rings. The van der Waals surface area contributed by atoms with Gasteiger partial charge in [-0.3, -0.25) is 9.78 Å². The lowest BCUT2D eigenvalue weighted by Crippen LogP contribution is -2.31. The third kappa shape index (κ3) is 6.05. The number of hydrogen-bond acceptors (Lipinski definition) is 5. The topological polar surface area (TPSA) is 58.6 Å². The van der Waals surface area contributed by atoms with Crippen molar-refractivity contribution in [1.29, 1.82) is 0 Å². The summed E-state index contributed by atoms with van der Waals surface area (Å²) in [6.07, 6.45) is 7.92. The third-order valence-electron chi connectivity index (χ3n) is 6.25. The van der Waals surface area contributed by atoms with Crippen LogP contribution in [0.2, 0.25) is 5.02 Å². The van der Waals surface area contributed by atoms with Crippen molar-refractivity contribution in [2.24, 2.45) is 5.92 Å². The highest BCUT2D eigenvalue weighted by molar-refractivity contribution is 6.31. The lowest BCUT2D eigenvalue weighted by Gasteiger charge is -2.22. The molecule has 0 aliphatic heterocycles. The second kappa shape index (κ2) is 12.0. The number of para-hydroxylation sites is 1. The Morgan fingerprint density at radius 1 is 1.25 bits per heavy atom. The Morgan fingerprint density at radius 2 is 2.00 bits per heavy atom. The Morgan fingerprint density at radius 3 is 2.67 bits per heavy atom. The molecule has 1 amide bonds. The van der Waals surface area contributed by atoms with Gasteiger partial charge in [0.2, 0.25) is 5.91 Å². The number of halogens is 1. The van der Waals surface area contributed by atoms with Crippen LogP contribution in [0.3, 0.4) is 0 Å². The summed E-state index contributed by atoms with van der Waals surface area (Å²) in [5.74, 6) is 0.718. The van der Waals surface area contributed by atoms with Gasteiger partial charge in [-0.1, -0.05) is 50.2 Å². The van der Waals surface area contributed by atoms with Crippen LogP contribution in [0.1, 0.15) is 42.7 Å². The van der Waals surface area contributed by atoms with Crippen LogP contribution in [-0.2, 0) is 17.9 Å². The molecule has 3 rings (SSSR count). The van der Waals surface area contributed by atoms with Crippen molar-refractivity contribution >= 4 is 34.1 Å². The van der Waals surface area contributed by atoms with Crippen LogP contribution in [0, 0.1) is 12.8 Å². The lowest BCUT2D eigenvalue weighted by molar-refractivity contribution is -0.134. The van der Waals surface area contributed by atoms with E-state index in [1.54, 1.807) is 30.4 Å². The maximum atomic E-state index is 12.6. The van der Waals surface area contributed by atoms with Crippen molar-refractivity contribution in [2.45, 2.75) is 40.3 Å². The fourth-order valence-electron chi connectivity index (χ4n) is 4.10. The van der Waals surface area contributed by atoms with E-state index >= 15 is 0 Å². The number of amides is 1. The Labute approximate surface area is 219 Å².